The molecule has 0 radical (unpaired) electrons. The molecule has 1 aliphatic rings. The van der Waals surface area contributed by atoms with Gasteiger partial charge in [0.15, 0.2) is 0 Å². The molecule has 5 nitrogen and oxygen atoms in total. The molecule has 1 atom stereocenters. The molecule has 5 heteroatoms. The lowest BCUT2D eigenvalue weighted by Crippen LogP contribution is -2.33. The smallest absolute Gasteiger partial charge is 0.134 e. The van der Waals surface area contributed by atoms with Crippen LogP contribution >= 0.6 is 0 Å². The van der Waals surface area contributed by atoms with E-state index in [-0.39, 0.29) is 0 Å². The van der Waals surface area contributed by atoms with Crippen molar-refractivity contribution in [1.29, 1.82) is 0 Å². The minimum Gasteiger partial charge on any atom is -0.325 e. The maximum atomic E-state index is 4.64. The van der Waals surface area contributed by atoms with Crippen LogP contribution in [0.1, 0.15) is 42.0 Å². The molecule has 138 valence electrons. The molecule has 4 heterocycles. The summed E-state index contributed by atoms with van der Waals surface area (Å²) in [6.07, 6.45) is 11.3. The number of rotatable bonds is 5. The molecular weight excluding hydrogens is 334 g/mol. The highest BCUT2D eigenvalue weighted by Crippen LogP contribution is 2.32. The van der Waals surface area contributed by atoms with Crippen LogP contribution in [0.2, 0.25) is 0 Å². The van der Waals surface area contributed by atoms with Gasteiger partial charge in [-0.3, -0.25) is 9.88 Å². The summed E-state index contributed by atoms with van der Waals surface area (Å²) < 4.78 is 0. The zero-order valence-electron chi connectivity index (χ0n) is 15.7. The quantitative estimate of drug-likeness (QED) is 0.718. The molecule has 0 amide bonds. The Balaban J connectivity index is 1.48. The Hall–Kier alpha value is -2.79. The summed E-state index contributed by atoms with van der Waals surface area (Å²) in [7, 11) is 0. The number of aryl methyl sites for hydroxylation is 1. The first-order valence-electron chi connectivity index (χ1n) is 9.57. The van der Waals surface area contributed by atoms with E-state index >= 15 is 0 Å². The average Bonchev–Trinajstić information content (AvgIpc) is 2.72. The van der Waals surface area contributed by atoms with Gasteiger partial charge in [0, 0.05) is 37.4 Å². The van der Waals surface area contributed by atoms with Crippen molar-refractivity contribution in [1.82, 2.24) is 19.9 Å². The highest BCUT2D eigenvalue weighted by atomic mass is 15.2. The molecule has 0 aliphatic carbocycles. The Morgan fingerprint density at radius 3 is 2.70 bits per heavy atom. The van der Waals surface area contributed by atoms with E-state index < -0.39 is 0 Å². The fourth-order valence-corrected chi connectivity index (χ4v) is 3.69. The van der Waals surface area contributed by atoms with E-state index in [4.69, 9.17) is 0 Å². The first-order chi connectivity index (χ1) is 13.3. The van der Waals surface area contributed by atoms with Crippen molar-refractivity contribution < 1.29 is 0 Å². The van der Waals surface area contributed by atoms with Crippen LogP contribution in [0.4, 0.5) is 11.6 Å². The van der Waals surface area contributed by atoms with E-state index in [2.05, 4.69) is 49.4 Å². The van der Waals surface area contributed by atoms with Crippen LogP contribution in [-0.4, -0.2) is 26.4 Å². The van der Waals surface area contributed by atoms with Crippen LogP contribution < -0.4 is 5.32 Å². The van der Waals surface area contributed by atoms with Crippen molar-refractivity contribution in [3.63, 3.8) is 0 Å². The standard InChI is InChI=1S/C22H25N5/c1-17-5-4-11-24-22(17)26-21-8-7-19(15-25-21)20-6-2-3-14-27(20)16-18-9-12-23-13-10-18/h4-5,7-13,15,20H,2-3,6,14,16H2,1H3,(H,24,25,26). The van der Waals surface area contributed by atoms with E-state index in [9.17, 15) is 0 Å². The molecule has 4 rings (SSSR count). The van der Waals surface area contributed by atoms with Gasteiger partial charge in [-0.2, -0.15) is 0 Å². The Morgan fingerprint density at radius 1 is 1.04 bits per heavy atom. The number of likely N-dealkylation sites (tertiary alicyclic amines) is 1. The summed E-state index contributed by atoms with van der Waals surface area (Å²) >= 11 is 0. The number of nitrogens with one attached hydrogen (secondary N) is 1. The topological polar surface area (TPSA) is 53.9 Å². The summed E-state index contributed by atoms with van der Waals surface area (Å²) in [5.74, 6) is 1.69. The highest BCUT2D eigenvalue weighted by molar-refractivity contribution is 5.55. The molecular formula is C22H25N5. The van der Waals surface area contributed by atoms with Crippen LogP contribution in [0.5, 0.6) is 0 Å². The van der Waals surface area contributed by atoms with Gasteiger partial charge >= 0.3 is 0 Å². The number of nitrogens with zero attached hydrogens (tertiary/aromatic N) is 4. The SMILES string of the molecule is Cc1cccnc1Nc1ccc(C2CCCCN2Cc2ccncc2)cn1. The Labute approximate surface area is 160 Å². The van der Waals surface area contributed by atoms with Crippen LogP contribution in [-0.2, 0) is 6.54 Å². The van der Waals surface area contributed by atoms with E-state index in [1.807, 2.05) is 37.6 Å². The minimum atomic E-state index is 0.421. The van der Waals surface area contributed by atoms with E-state index in [0.29, 0.717) is 6.04 Å². The lowest BCUT2D eigenvalue weighted by Gasteiger charge is -2.36. The molecule has 0 aromatic carbocycles. The van der Waals surface area contributed by atoms with Crippen molar-refractivity contribution in [2.45, 2.75) is 38.8 Å². The number of pyridine rings is 3. The average molecular weight is 359 g/mol. The van der Waals surface area contributed by atoms with Crippen molar-refractivity contribution in [3.05, 3.63) is 77.9 Å². The molecule has 1 aliphatic heterocycles. The second-order valence-electron chi connectivity index (χ2n) is 7.11. The summed E-state index contributed by atoms with van der Waals surface area (Å²) in [6.45, 7) is 4.13. The molecule has 3 aromatic heterocycles. The van der Waals surface area contributed by atoms with Crippen LogP contribution in [0, 0.1) is 6.92 Å². The van der Waals surface area contributed by atoms with Gasteiger partial charge in [-0.1, -0.05) is 18.6 Å². The van der Waals surface area contributed by atoms with Crippen molar-refractivity contribution >= 4 is 11.6 Å². The molecule has 27 heavy (non-hydrogen) atoms. The van der Waals surface area contributed by atoms with Gasteiger partial charge < -0.3 is 5.32 Å². The second-order valence-corrected chi connectivity index (χ2v) is 7.11. The van der Waals surface area contributed by atoms with Crippen molar-refractivity contribution in [2.75, 3.05) is 11.9 Å². The second kappa shape index (κ2) is 8.27. The zero-order valence-corrected chi connectivity index (χ0v) is 15.7. The molecule has 1 N–H and O–H groups in total. The van der Waals surface area contributed by atoms with Gasteiger partial charge in [0.25, 0.3) is 0 Å². The molecule has 1 fully saturated rings. The highest BCUT2D eigenvalue weighted by Gasteiger charge is 2.24. The molecule has 1 saturated heterocycles. The lowest BCUT2D eigenvalue weighted by molar-refractivity contribution is 0.140. The third kappa shape index (κ3) is 4.31. The fourth-order valence-electron chi connectivity index (χ4n) is 3.69. The van der Waals surface area contributed by atoms with E-state index in [0.717, 1.165) is 30.3 Å². The van der Waals surface area contributed by atoms with Crippen LogP contribution in [0.15, 0.2) is 61.2 Å². The fraction of sp³-hybridized carbons (Fsp3) is 0.318. The Kier molecular flexibility index (Phi) is 5.39. The van der Waals surface area contributed by atoms with Gasteiger partial charge in [-0.15, -0.1) is 0 Å². The monoisotopic (exact) mass is 359 g/mol. The maximum absolute atomic E-state index is 4.64. The molecule has 0 spiro atoms. The van der Waals surface area contributed by atoms with Crippen molar-refractivity contribution in [3.8, 4) is 0 Å². The summed E-state index contributed by atoms with van der Waals surface area (Å²) in [5.41, 5.74) is 3.71. The Bertz CT molecular complexity index is 863. The molecule has 3 aromatic rings. The van der Waals surface area contributed by atoms with Crippen LogP contribution in [0.25, 0.3) is 0 Å². The largest absolute Gasteiger partial charge is 0.325 e. The van der Waals surface area contributed by atoms with Crippen LogP contribution in [0.3, 0.4) is 0 Å². The predicted octanol–water partition coefficient (Wildman–Crippen LogP) is 4.65. The summed E-state index contributed by atoms with van der Waals surface area (Å²) in [4.78, 5) is 15.7. The number of aromatic nitrogens is 3. The van der Waals surface area contributed by atoms with Gasteiger partial charge in [0.1, 0.15) is 11.6 Å². The van der Waals surface area contributed by atoms with E-state index in [1.165, 1.54) is 30.4 Å². The number of hydrogen-bond donors (Lipinski definition) is 1. The first-order valence-corrected chi connectivity index (χ1v) is 9.57. The normalized spacial score (nSPS) is 17.6. The lowest BCUT2D eigenvalue weighted by atomic mass is 9.96. The predicted molar refractivity (Wildman–Crippen MR) is 108 cm³/mol. The van der Waals surface area contributed by atoms with Gasteiger partial charge in [0.2, 0.25) is 0 Å². The minimum absolute atomic E-state index is 0.421. The third-order valence-corrected chi connectivity index (χ3v) is 5.18. The number of anilines is 2. The maximum Gasteiger partial charge on any atom is 0.134 e. The Morgan fingerprint density at radius 2 is 1.93 bits per heavy atom. The summed E-state index contributed by atoms with van der Waals surface area (Å²) in [6, 6.07) is 12.9. The zero-order chi connectivity index (χ0) is 18.5. The number of hydrogen-bond acceptors (Lipinski definition) is 5. The van der Waals surface area contributed by atoms with Crippen molar-refractivity contribution in [2.24, 2.45) is 0 Å². The molecule has 1 unspecified atom stereocenters. The molecule has 0 bridgehead atoms. The van der Waals surface area contributed by atoms with Gasteiger partial charge in [-0.25, -0.2) is 9.97 Å². The van der Waals surface area contributed by atoms with Gasteiger partial charge in [0.05, 0.1) is 0 Å². The van der Waals surface area contributed by atoms with E-state index in [1.54, 1.807) is 6.20 Å². The van der Waals surface area contributed by atoms with Gasteiger partial charge in [-0.05, 0) is 67.3 Å². The first kappa shape index (κ1) is 17.6. The molecule has 0 saturated carbocycles. The number of piperidine rings is 1. The third-order valence-electron chi connectivity index (χ3n) is 5.18. The summed E-state index contributed by atoms with van der Waals surface area (Å²) in [5, 5.41) is 3.31.